The highest BCUT2D eigenvalue weighted by Gasteiger charge is 2.38. The van der Waals surface area contributed by atoms with E-state index >= 15 is 0 Å². The normalized spacial score (nSPS) is 15.0. The molecule has 1 aliphatic rings. The summed E-state index contributed by atoms with van der Waals surface area (Å²) in [5, 5.41) is 4.05. The minimum Gasteiger partial charge on any atom is -0.469 e. The number of ether oxygens (including phenoxy) is 2. The van der Waals surface area contributed by atoms with Crippen molar-refractivity contribution < 1.29 is 28.3 Å². The van der Waals surface area contributed by atoms with Gasteiger partial charge >= 0.3 is 11.9 Å². The number of fused-ring (bicyclic) bond motifs is 2. The first kappa shape index (κ1) is 21.1. The van der Waals surface area contributed by atoms with Crippen molar-refractivity contribution in [3.63, 3.8) is 0 Å². The molecule has 31 heavy (non-hydrogen) atoms. The van der Waals surface area contributed by atoms with Crippen LogP contribution in [-0.2, 0) is 27.1 Å². The lowest BCUT2D eigenvalue weighted by atomic mass is 9.99. The lowest BCUT2D eigenvalue weighted by Gasteiger charge is -2.11. The second-order valence-electron chi connectivity index (χ2n) is 7.44. The van der Waals surface area contributed by atoms with Gasteiger partial charge in [-0.3, -0.25) is 9.59 Å². The van der Waals surface area contributed by atoms with Crippen LogP contribution in [0.3, 0.4) is 0 Å². The standard InChI is InChI=1S/C23H23NO6S/c1-5-12-6-8-15-14(10-12)11(2)19(30-15)20(25)24-21-18(23(27)29-4)17-13(22(26)28-3)7-9-16(17)31-21/h6,8,10,13H,5,7,9H2,1-4H3,(H,24,25). The van der Waals surface area contributed by atoms with E-state index in [4.69, 9.17) is 13.9 Å². The highest BCUT2D eigenvalue weighted by atomic mass is 32.1. The molecule has 0 fully saturated rings. The SMILES string of the molecule is CCc1ccc2oc(C(=O)Nc3sc4c(c3C(=O)OC)C(C(=O)OC)CC4)c(C)c2c1. The first-order valence-corrected chi connectivity index (χ1v) is 10.9. The van der Waals surface area contributed by atoms with Crippen molar-refractivity contribution in [3.8, 4) is 0 Å². The molecule has 2 heterocycles. The molecule has 0 radical (unpaired) electrons. The Hall–Kier alpha value is -3.13. The number of nitrogens with one attached hydrogen (secondary N) is 1. The third kappa shape index (κ3) is 3.50. The number of hydrogen-bond acceptors (Lipinski definition) is 7. The lowest BCUT2D eigenvalue weighted by molar-refractivity contribution is -0.142. The first-order valence-electron chi connectivity index (χ1n) is 10.0. The zero-order chi connectivity index (χ0) is 22.3. The Kier molecular flexibility index (Phi) is 5.58. The molecule has 1 amide bonds. The largest absolute Gasteiger partial charge is 0.469 e. The minimum absolute atomic E-state index is 0.192. The molecule has 0 bridgehead atoms. The maximum absolute atomic E-state index is 13.1. The Morgan fingerprint density at radius 2 is 2.00 bits per heavy atom. The van der Waals surface area contributed by atoms with Crippen LogP contribution in [-0.4, -0.2) is 32.1 Å². The van der Waals surface area contributed by atoms with Crippen LogP contribution < -0.4 is 5.32 Å². The van der Waals surface area contributed by atoms with Crippen molar-refractivity contribution in [2.24, 2.45) is 0 Å². The summed E-state index contributed by atoms with van der Waals surface area (Å²) in [5.74, 6) is -1.81. The maximum Gasteiger partial charge on any atom is 0.341 e. The number of benzene rings is 1. The summed E-state index contributed by atoms with van der Waals surface area (Å²) in [5.41, 5.74) is 3.32. The first-order chi connectivity index (χ1) is 14.9. The number of furan rings is 1. The molecule has 1 atom stereocenters. The Morgan fingerprint density at radius 3 is 2.68 bits per heavy atom. The zero-order valence-electron chi connectivity index (χ0n) is 17.8. The molecule has 3 aromatic rings. The quantitative estimate of drug-likeness (QED) is 0.581. The zero-order valence-corrected chi connectivity index (χ0v) is 18.6. The van der Waals surface area contributed by atoms with Crippen LogP contribution in [0.15, 0.2) is 22.6 Å². The smallest absolute Gasteiger partial charge is 0.341 e. The number of anilines is 1. The molecule has 1 aliphatic carbocycles. The summed E-state index contributed by atoms with van der Waals surface area (Å²) in [6.45, 7) is 3.90. The van der Waals surface area contributed by atoms with Crippen LogP contribution in [0.5, 0.6) is 0 Å². The summed E-state index contributed by atoms with van der Waals surface area (Å²) < 4.78 is 15.7. The van der Waals surface area contributed by atoms with Gasteiger partial charge in [0.15, 0.2) is 5.76 Å². The molecule has 7 nitrogen and oxygen atoms in total. The predicted octanol–water partition coefficient (Wildman–Crippen LogP) is 4.61. The van der Waals surface area contributed by atoms with E-state index in [-0.39, 0.29) is 11.3 Å². The molecule has 0 aliphatic heterocycles. The molecular formula is C23H23NO6S. The Balaban J connectivity index is 1.72. The van der Waals surface area contributed by atoms with Crippen LogP contribution in [0.4, 0.5) is 5.00 Å². The topological polar surface area (TPSA) is 94.8 Å². The van der Waals surface area contributed by atoms with Crippen LogP contribution in [0.2, 0.25) is 0 Å². The number of thiophene rings is 1. The summed E-state index contributed by atoms with van der Waals surface area (Å²) in [6.07, 6.45) is 2.07. The highest BCUT2D eigenvalue weighted by molar-refractivity contribution is 7.17. The van der Waals surface area contributed by atoms with E-state index < -0.39 is 23.8 Å². The molecule has 8 heteroatoms. The monoisotopic (exact) mass is 441 g/mol. The molecule has 1 aromatic carbocycles. The fourth-order valence-electron chi connectivity index (χ4n) is 4.10. The van der Waals surface area contributed by atoms with Gasteiger partial charge < -0.3 is 19.2 Å². The van der Waals surface area contributed by atoms with Crippen molar-refractivity contribution in [1.82, 2.24) is 0 Å². The summed E-state index contributed by atoms with van der Waals surface area (Å²) >= 11 is 1.28. The van der Waals surface area contributed by atoms with Gasteiger partial charge in [-0.1, -0.05) is 13.0 Å². The van der Waals surface area contributed by atoms with Gasteiger partial charge in [0.25, 0.3) is 5.91 Å². The second-order valence-corrected chi connectivity index (χ2v) is 8.55. The molecule has 1 N–H and O–H groups in total. The van der Waals surface area contributed by atoms with E-state index in [1.807, 2.05) is 25.1 Å². The number of aryl methyl sites for hydroxylation is 3. The average molecular weight is 442 g/mol. The number of carbonyl (C=O) groups is 3. The average Bonchev–Trinajstić information content (AvgIpc) is 3.44. The van der Waals surface area contributed by atoms with Gasteiger partial charge in [-0.25, -0.2) is 4.79 Å². The maximum atomic E-state index is 13.1. The molecule has 162 valence electrons. The molecule has 2 aromatic heterocycles. The number of hydrogen-bond donors (Lipinski definition) is 1. The fourth-order valence-corrected chi connectivity index (χ4v) is 5.36. The number of esters is 2. The summed E-state index contributed by atoms with van der Waals surface area (Å²) in [7, 11) is 2.59. The molecular weight excluding hydrogens is 418 g/mol. The highest BCUT2D eigenvalue weighted by Crippen LogP contribution is 2.46. The lowest BCUT2D eigenvalue weighted by Crippen LogP contribution is -2.17. The number of rotatable bonds is 5. The van der Waals surface area contributed by atoms with Crippen LogP contribution in [0, 0.1) is 6.92 Å². The van der Waals surface area contributed by atoms with Crippen molar-refractivity contribution in [1.29, 1.82) is 0 Å². The van der Waals surface area contributed by atoms with Crippen LogP contribution >= 0.6 is 11.3 Å². The van der Waals surface area contributed by atoms with Crippen molar-refractivity contribution >= 4 is 45.2 Å². The van der Waals surface area contributed by atoms with Gasteiger partial charge in [-0.05, 0) is 49.4 Å². The third-order valence-corrected chi connectivity index (χ3v) is 6.93. The van der Waals surface area contributed by atoms with Gasteiger partial charge in [0.05, 0.1) is 25.7 Å². The van der Waals surface area contributed by atoms with Crippen molar-refractivity contribution in [2.75, 3.05) is 19.5 Å². The fraction of sp³-hybridized carbons (Fsp3) is 0.348. The molecule has 0 saturated heterocycles. The van der Waals surface area contributed by atoms with Crippen molar-refractivity contribution in [3.05, 3.63) is 51.1 Å². The molecule has 0 saturated carbocycles. The molecule has 0 spiro atoms. The minimum atomic E-state index is -0.600. The molecule has 1 unspecified atom stereocenters. The Bertz CT molecular complexity index is 1200. The van der Waals surface area contributed by atoms with Gasteiger partial charge in [0.1, 0.15) is 10.6 Å². The predicted molar refractivity (Wildman–Crippen MR) is 117 cm³/mol. The van der Waals surface area contributed by atoms with E-state index in [1.165, 1.54) is 25.6 Å². The van der Waals surface area contributed by atoms with Crippen LogP contribution in [0.1, 0.15) is 61.7 Å². The third-order valence-electron chi connectivity index (χ3n) is 5.75. The van der Waals surface area contributed by atoms with Crippen LogP contribution in [0.25, 0.3) is 11.0 Å². The molecule has 4 rings (SSSR count). The van der Waals surface area contributed by atoms with E-state index in [9.17, 15) is 14.4 Å². The van der Waals surface area contributed by atoms with Gasteiger partial charge in [-0.15, -0.1) is 11.3 Å². The summed E-state index contributed by atoms with van der Waals surface area (Å²) in [4.78, 5) is 38.7. The summed E-state index contributed by atoms with van der Waals surface area (Å²) in [6, 6.07) is 5.85. The Labute approximate surface area is 183 Å². The van der Waals surface area contributed by atoms with E-state index in [1.54, 1.807) is 0 Å². The number of carbonyl (C=O) groups excluding carboxylic acids is 3. The van der Waals surface area contributed by atoms with E-state index in [0.717, 1.165) is 27.8 Å². The number of methoxy groups -OCH3 is 2. The number of amides is 1. The van der Waals surface area contributed by atoms with E-state index in [2.05, 4.69) is 12.2 Å². The van der Waals surface area contributed by atoms with Crippen molar-refractivity contribution in [2.45, 2.75) is 39.0 Å². The van der Waals surface area contributed by atoms with Gasteiger partial charge in [0.2, 0.25) is 0 Å². The van der Waals surface area contributed by atoms with E-state index in [0.29, 0.717) is 29.0 Å². The van der Waals surface area contributed by atoms with Gasteiger partial charge in [-0.2, -0.15) is 0 Å². The Morgan fingerprint density at radius 1 is 1.23 bits per heavy atom. The second kappa shape index (κ2) is 8.19. The van der Waals surface area contributed by atoms with Gasteiger partial charge in [0, 0.05) is 15.8 Å².